The number of nitrogens with zero attached hydrogens (tertiary/aromatic N) is 1. The number of carbonyl (C=O) groups excluding carboxylic acids is 1. The Labute approximate surface area is 148 Å². The third kappa shape index (κ3) is 3.51. The van der Waals surface area contributed by atoms with Crippen molar-refractivity contribution in [3.05, 3.63) is 81.5 Å². The Morgan fingerprint density at radius 3 is 2.44 bits per heavy atom. The smallest absolute Gasteiger partial charge is 0.282 e. The largest absolute Gasteiger partial charge is 0.497 e. The number of rotatable bonds is 4. The molecule has 3 aromatic rings. The molecule has 2 aromatic carbocycles. The van der Waals surface area contributed by atoms with Gasteiger partial charge in [-0.1, -0.05) is 18.2 Å². The molecular weight excluding hydrogens is 338 g/mol. The molecule has 0 fully saturated rings. The highest BCUT2D eigenvalue weighted by molar-refractivity contribution is 7.71. The molecule has 0 saturated heterocycles. The van der Waals surface area contributed by atoms with Crippen LogP contribution in [0.4, 0.5) is 5.69 Å². The van der Waals surface area contributed by atoms with Crippen molar-refractivity contribution in [1.82, 2.24) is 9.55 Å². The molecule has 0 saturated carbocycles. The molecule has 0 aliphatic rings. The van der Waals surface area contributed by atoms with Gasteiger partial charge in [0, 0.05) is 11.8 Å². The fraction of sp³-hybridized carbons (Fsp3) is 0.0556. The zero-order valence-electron chi connectivity index (χ0n) is 13.4. The molecule has 1 aromatic heterocycles. The van der Waals surface area contributed by atoms with E-state index in [1.807, 2.05) is 6.07 Å². The minimum atomic E-state index is -0.418. The number of nitrogens with one attached hydrogen (secondary N) is 2. The summed E-state index contributed by atoms with van der Waals surface area (Å²) in [6.07, 6.45) is 1.39. The van der Waals surface area contributed by atoms with E-state index in [4.69, 9.17) is 17.0 Å². The van der Waals surface area contributed by atoms with Crippen LogP contribution in [0.2, 0.25) is 0 Å². The van der Waals surface area contributed by atoms with E-state index in [0.29, 0.717) is 17.0 Å². The predicted molar refractivity (Wildman–Crippen MR) is 98.2 cm³/mol. The molecule has 3 rings (SSSR count). The van der Waals surface area contributed by atoms with Crippen molar-refractivity contribution in [3.8, 4) is 11.4 Å². The van der Waals surface area contributed by atoms with Crippen LogP contribution in [0.15, 0.2) is 65.6 Å². The molecule has 0 aliphatic carbocycles. The topological polar surface area (TPSA) is 76.1 Å². The second kappa shape index (κ2) is 7.14. The number of H-pyrrole nitrogens is 1. The van der Waals surface area contributed by atoms with Crippen LogP contribution in [0.25, 0.3) is 5.69 Å². The monoisotopic (exact) mass is 353 g/mol. The van der Waals surface area contributed by atoms with Crippen molar-refractivity contribution in [3.63, 3.8) is 0 Å². The lowest BCUT2D eigenvalue weighted by Gasteiger charge is -2.10. The minimum absolute atomic E-state index is 0.110. The van der Waals surface area contributed by atoms with Crippen LogP contribution in [0, 0.1) is 4.77 Å². The fourth-order valence-electron chi connectivity index (χ4n) is 2.31. The Morgan fingerprint density at radius 1 is 1.12 bits per heavy atom. The Kier molecular flexibility index (Phi) is 4.76. The van der Waals surface area contributed by atoms with Crippen molar-refractivity contribution in [1.29, 1.82) is 0 Å². The summed E-state index contributed by atoms with van der Waals surface area (Å²) in [5, 5.41) is 2.61. The summed E-state index contributed by atoms with van der Waals surface area (Å²) in [5.41, 5.74) is 0.722. The fourth-order valence-corrected chi connectivity index (χ4v) is 2.56. The molecule has 0 radical (unpaired) electrons. The standard InChI is InChI=1S/C18H15N3O3S/c1-24-14-9-7-13(8-10-14)21-17(23)15(11-19-18(21)25)20-16(22)12-5-3-2-4-6-12/h2-11H,1H3,(H,19,25)(H,20,22). The first-order valence-electron chi connectivity index (χ1n) is 7.45. The van der Waals surface area contributed by atoms with E-state index < -0.39 is 5.56 Å². The Bertz CT molecular complexity index is 1010. The highest BCUT2D eigenvalue weighted by Crippen LogP contribution is 2.14. The lowest BCUT2D eigenvalue weighted by atomic mass is 10.2. The van der Waals surface area contributed by atoms with Crippen LogP contribution < -0.4 is 15.6 Å². The molecule has 0 bridgehead atoms. The number of carbonyl (C=O) groups is 1. The molecule has 0 unspecified atom stereocenters. The highest BCUT2D eigenvalue weighted by Gasteiger charge is 2.12. The number of aromatic amines is 1. The summed E-state index contributed by atoms with van der Waals surface area (Å²) < 4.78 is 6.66. The van der Waals surface area contributed by atoms with Gasteiger partial charge in [-0.3, -0.25) is 14.2 Å². The lowest BCUT2D eigenvalue weighted by Crippen LogP contribution is -2.26. The molecule has 6 nitrogen and oxygen atoms in total. The summed E-state index contributed by atoms with van der Waals surface area (Å²) in [5.74, 6) is 0.296. The van der Waals surface area contributed by atoms with Crippen LogP contribution in [-0.4, -0.2) is 22.6 Å². The zero-order chi connectivity index (χ0) is 17.8. The number of amides is 1. The minimum Gasteiger partial charge on any atom is -0.497 e. The van der Waals surface area contributed by atoms with Gasteiger partial charge in [0.15, 0.2) is 4.77 Å². The van der Waals surface area contributed by atoms with E-state index in [0.717, 1.165) is 0 Å². The number of anilines is 1. The Morgan fingerprint density at radius 2 is 1.80 bits per heavy atom. The average molecular weight is 353 g/mol. The highest BCUT2D eigenvalue weighted by atomic mass is 32.1. The molecule has 7 heteroatoms. The average Bonchev–Trinajstić information content (AvgIpc) is 2.65. The molecule has 0 aliphatic heterocycles. The van der Waals surface area contributed by atoms with Gasteiger partial charge in [-0.25, -0.2) is 0 Å². The first-order valence-corrected chi connectivity index (χ1v) is 7.86. The van der Waals surface area contributed by atoms with Crippen molar-refractivity contribution in [2.45, 2.75) is 0 Å². The number of methoxy groups -OCH3 is 1. The van der Waals surface area contributed by atoms with Crippen LogP contribution in [-0.2, 0) is 0 Å². The first kappa shape index (κ1) is 16.7. The van der Waals surface area contributed by atoms with E-state index in [1.54, 1.807) is 55.6 Å². The van der Waals surface area contributed by atoms with Gasteiger partial charge in [0.1, 0.15) is 11.4 Å². The van der Waals surface area contributed by atoms with Gasteiger partial charge >= 0.3 is 0 Å². The number of hydrogen-bond donors (Lipinski definition) is 2. The SMILES string of the molecule is COc1ccc(-n2c(=S)[nH]cc(NC(=O)c3ccccc3)c2=O)cc1. The van der Waals surface area contributed by atoms with Gasteiger partial charge in [-0.15, -0.1) is 0 Å². The van der Waals surface area contributed by atoms with Crippen molar-refractivity contribution < 1.29 is 9.53 Å². The summed E-state index contributed by atoms with van der Waals surface area (Å²) in [6, 6.07) is 15.5. The normalized spacial score (nSPS) is 10.3. The van der Waals surface area contributed by atoms with Crippen molar-refractivity contribution >= 4 is 23.8 Å². The van der Waals surface area contributed by atoms with Gasteiger partial charge in [-0.05, 0) is 48.6 Å². The molecule has 1 amide bonds. The van der Waals surface area contributed by atoms with Gasteiger partial charge in [0.2, 0.25) is 0 Å². The third-order valence-electron chi connectivity index (χ3n) is 3.59. The zero-order valence-corrected chi connectivity index (χ0v) is 14.2. The molecule has 126 valence electrons. The van der Waals surface area contributed by atoms with Gasteiger partial charge < -0.3 is 15.0 Å². The second-order valence-corrected chi connectivity index (χ2v) is 5.55. The number of aromatic nitrogens is 2. The summed E-state index contributed by atoms with van der Waals surface area (Å²) in [7, 11) is 1.56. The van der Waals surface area contributed by atoms with E-state index >= 15 is 0 Å². The van der Waals surface area contributed by atoms with Crippen molar-refractivity contribution in [2.24, 2.45) is 0 Å². The molecule has 0 spiro atoms. The molecular formula is C18H15N3O3S. The lowest BCUT2D eigenvalue weighted by molar-refractivity contribution is 0.102. The molecule has 2 N–H and O–H groups in total. The first-order chi connectivity index (χ1) is 12.1. The number of hydrogen-bond acceptors (Lipinski definition) is 4. The molecule has 25 heavy (non-hydrogen) atoms. The number of benzene rings is 2. The van der Waals surface area contributed by atoms with Gasteiger partial charge in [0.25, 0.3) is 11.5 Å². The second-order valence-electron chi connectivity index (χ2n) is 5.17. The van der Waals surface area contributed by atoms with Gasteiger partial charge in [-0.2, -0.15) is 0 Å². The van der Waals surface area contributed by atoms with Crippen LogP contribution in [0.1, 0.15) is 10.4 Å². The number of ether oxygens (including phenoxy) is 1. The maximum absolute atomic E-state index is 12.7. The quantitative estimate of drug-likeness (QED) is 0.707. The molecule has 0 atom stereocenters. The van der Waals surface area contributed by atoms with E-state index in [1.165, 1.54) is 10.8 Å². The van der Waals surface area contributed by atoms with Gasteiger partial charge in [0.05, 0.1) is 12.8 Å². The van der Waals surface area contributed by atoms with Crippen molar-refractivity contribution in [2.75, 3.05) is 12.4 Å². The summed E-state index contributed by atoms with van der Waals surface area (Å²) in [4.78, 5) is 27.8. The molecule has 1 heterocycles. The Hall–Kier alpha value is -3.19. The van der Waals surface area contributed by atoms with E-state index in [2.05, 4.69) is 10.3 Å². The third-order valence-corrected chi connectivity index (χ3v) is 3.89. The van der Waals surface area contributed by atoms with E-state index in [9.17, 15) is 9.59 Å². The maximum atomic E-state index is 12.7. The van der Waals surface area contributed by atoms with Crippen LogP contribution in [0.3, 0.4) is 0 Å². The van der Waals surface area contributed by atoms with Crippen LogP contribution in [0.5, 0.6) is 5.75 Å². The van der Waals surface area contributed by atoms with Crippen LogP contribution >= 0.6 is 12.2 Å². The maximum Gasteiger partial charge on any atom is 0.282 e. The predicted octanol–water partition coefficient (Wildman–Crippen LogP) is 3.16. The van der Waals surface area contributed by atoms with E-state index in [-0.39, 0.29) is 16.4 Å². The summed E-state index contributed by atoms with van der Waals surface area (Å²) >= 11 is 5.21. The summed E-state index contributed by atoms with van der Waals surface area (Å²) in [6.45, 7) is 0. The Balaban J connectivity index is 1.99.